The summed E-state index contributed by atoms with van der Waals surface area (Å²) in [6.45, 7) is 0.768. The van der Waals surface area contributed by atoms with Gasteiger partial charge in [0, 0.05) is 11.4 Å². The predicted octanol–water partition coefficient (Wildman–Crippen LogP) is 2.61. The highest BCUT2D eigenvalue weighted by atomic mass is 35.5. The van der Waals surface area contributed by atoms with Gasteiger partial charge in [0.05, 0.1) is 10.9 Å². The van der Waals surface area contributed by atoms with Gasteiger partial charge in [0.1, 0.15) is 5.54 Å². The summed E-state index contributed by atoms with van der Waals surface area (Å²) >= 11 is 7.46. The number of piperazine rings is 1. The van der Waals surface area contributed by atoms with Crippen LogP contribution in [0.1, 0.15) is 37.0 Å². The Kier molecular flexibility index (Phi) is 4.22. The van der Waals surface area contributed by atoms with Crippen molar-refractivity contribution in [2.45, 2.75) is 44.1 Å². The van der Waals surface area contributed by atoms with Gasteiger partial charge in [-0.1, -0.05) is 30.9 Å². The maximum Gasteiger partial charge on any atom is 0.248 e. The van der Waals surface area contributed by atoms with Gasteiger partial charge in [-0.2, -0.15) is 0 Å². The van der Waals surface area contributed by atoms with Gasteiger partial charge in [-0.05, 0) is 31.4 Å². The maximum absolute atomic E-state index is 12.8. The van der Waals surface area contributed by atoms with Crippen molar-refractivity contribution < 1.29 is 9.59 Å². The summed E-state index contributed by atoms with van der Waals surface area (Å²) in [5.74, 6) is 0.0742. The number of carbonyl (C=O) groups excluding carboxylic acids is 2. The highest BCUT2D eigenvalue weighted by Crippen LogP contribution is 2.32. The molecule has 0 radical (unpaired) electrons. The first-order valence-corrected chi connectivity index (χ1v) is 8.63. The molecule has 2 heterocycles. The lowest BCUT2D eigenvalue weighted by Gasteiger charge is -2.44. The van der Waals surface area contributed by atoms with Crippen molar-refractivity contribution in [1.82, 2.24) is 10.2 Å². The third kappa shape index (κ3) is 3.09. The van der Waals surface area contributed by atoms with Crippen molar-refractivity contribution >= 4 is 34.8 Å². The predicted molar refractivity (Wildman–Crippen MR) is 83.6 cm³/mol. The van der Waals surface area contributed by atoms with E-state index in [1.165, 1.54) is 11.3 Å². The van der Waals surface area contributed by atoms with Crippen LogP contribution in [0.5, 0.6) is 0 Å². The zero-order chi connectivity index (χ0) is 14.9. The first-order valence-electron chi connectivity index (χ1n) is 7.44. The fourth-order valence-electron chi connectivity index (χ4n) is 3.31. The molecule has 1 aliphatic carbocycles. The Bertz CT molecular complexity index is 552. The van der Waals surface area contributed by atoms with E-state index < -0.39 is 5.54 Å². The summed E-state index contributed by atoms with van der Waals surface area (Å²) in [5, 5.41) is 2.97. The van der Waals surface area contributed by atoms with Crippen LogP contribution in [0.2, 0.25) is 4.34 Å². The summed E-state index contributed by atoms with van der Waals surface area (Å²) < 4.78 is 0.761. The number of hydrogen-bond donors (Lipinski definition) is 1. The van der Waals surface area contributed by atoms with Crippen LogP contribution in [-0.2, 0) is 16.0 Å². The van der Waals surface area contributed by atoms with Gasteiger partial charge < -0.3 is 10.2 Å². The van der Waals surface area contributed by atoms with E-state index in [4.69, 9.17) is 11.6 Å². The van der Waals surface area contributed by atoms with E-state index in [2.05, 4.69) is 5.32 Å². The van der Waals surface area contributed by atoms with Crippen LogP contribution < -0.4 is 5.32 Å². The molecule has 2 aliphatic rings. The molecule has 1 N–H and O–H groups in total. The standard InChI is InChI=1S/C15H19ClN2O2S/c16-12-5-4-11(21-12)6-9-18-10-13(19)17-15(14(18)20)7-2-1-3-8-15/h4-5H,1-3,6-10H2,(H,17,19). The van der Waals surface area contributed by atoms with E-state index in [-0.39, 0.29) is 18.4 Å². The minimum atomic E-state index is -0.624. The van der Waals surface area contributed by atoms with E-state index in [9.17, 15) is 9.59 Å². The second-order valence-corrected chi connectivity index (χ2v) is 7.67. The second-order valence-electron chi connectivity index (χ2n) is 5.87. The van der Waals surface area contributed by atoms with Crippen LogP contribution >= 0.6 is 22.9 Å². The fourth-order valence-corrected chi connectivity index (χ4v) is 4.39. The van der Waals surface area contributed by atoms with Crippen molar-refractivity contribution in [2.24, 2.45) is 0 Å². The summed E-state index contributed by atoms with van der Waals surface area (Å²) in [4.78, 5) is 27.6. The summed E-state index contributed by atoms with van der Waals surface area (Å²) in [6, 6.07) is 3.85. The van der Waals surface area contributed by atoms with Gasteiger partial charge in [0.25, 0.3) is 0 Å². The Hall–Kier alpha value is -1.07. The van der Waals surface area contributed by atoms with Gasteiger partial charge in [-0.25, -0.2) is 0 Å². The van der Waals surface area contributed by atoms with Gasteiger partial charge in [0.2, 0.25) is 11.8 Å². The number of nitrogens with zero attached hydrogens (tertiary/aromatic N) is 1. The monoisotopic (exact) mass is 326 g/mol. The van der Waals surface area contributed by atoms with Gasteiger partial charge in [-0.3, -0.25) is 9.59 Å². The van der Waals surface area contributed by atoms with Crippen molar-refractivity contribution in [2.75, 3.05) is 13.1 Å². The lowest BCUT2D eigenvalue weighted by atomic mass is 9.79. The third-order valence-electron chi connectivity index (χ3n) is 4.37. The van der Waals surface area contributed by atoms with Crippen LogP contribution in [0.15, 0.2) is 12.1 Å². The molecule has 1 spiro atoms. The van der Waals surface area contributed by atoms with Crippen LogP contribution in [0.25, 0.3) is 0 Å². The van der Waals surface area contributed by atoms with E-state index in [1.807, 2.05) is 12.1 Å². The van der Waals surface area contributed by atoms with Crippen LogP contribution in [0.4, 0.5) is 0 Å². The number of rotatable bonds is 3. The molecule has 1 aromatic heterocycles. The lowest BCUT2D eigenvalue weighted by molar-refractivity contribution is -0.151. The molecule has 21 heavy (non-hydrogen) atoms. The zero-order valence-corrected chi connectivity index (χ0v) is 13.4. The normalized spacial score (nSPS) is 21.7. The van der Waals surface area contributed by atoms with Crippen LogP contribution in [0, 0.1) is 0 Å². The molecule has 4 nitrogen and oxygen atoms in total. The van der Waals surface area contributed by atoms with E-state index in [0.717, 1.165) is 47.7 Å². The van der Waals surface area contributed by atoms with E-state index in [1.54, 1.807) is 4.90 Å². The average Bonchev–Trinajstić information content (AvgIpc) is 2.88. The molecule has 114 valence electrons. The minimum Gasteiger partial charge on any atom is -0.340 e. The zero-order valence-electron chi connectivity index (χ0n) is 11.9. The lowest BCUT2D eigenvalue weighted by Crippen LogP contribution is -2.67. The second kappa shape index (κ2) is 5.97. The number of nitrogens with one attached hydrogen (secondary N) is 1. The molecule has 6 heteroatoms. The Morgan fingerprint density at radius 2 is 2.00 bits per heavy atom. The van der Waals surface area contributed by atoms with Gasteiger partial charge >= 0.3 is 0 Å². The molecule has 1 saturated carbocycles. The quantitative estimate of drug-likeness (QED) is 0.928. The van der Waals surface area contributed by atoms with Crippen LogP contribution in [-0.4, -0.2) is 35.3 Å². The molecule has 1 aromatic rings. The Morgan fingerprint density at radius 3 is 2.67 bits per heavy atom. The first-order chi connectivity index (χ1) is 10.1. The number of halogens is 1. The highest BCUT2D eigenvalue weighted by Gasteiger charge is 2.46. The molecule has 0 atom stereocenters. The molecule has 3 rings (SSSR count). The Morgan fingerprint density at radius 1 is 1.24 bits per heavy atom. The molecular weight excluding hydrogens is 308 g/mol. The van der Waals surface area contributed by atoms with Crippen molar-refractivity contribution in [3.8, 4) is 0 Å². The SMILES string of the molecule is O=C1CN(CCc2ccc(Cl)s2)C(=O)C2(CCCCC2)N1. The number of thiophene rings is 1. The first kappa shape index (κ1) is 14.9. The van der Waals surface area contributed by atoms with Crippen molar-refractivity contribution in [1.29, 1.82) is 0 Å². The minimum absolute atomic E-state index is 0.0271. The fraction of sp³-hybridized carbons (Fsp3) is 0.600. The average molecular weight is 327 g/mol. The molecule has 2 amide bonds. The van der Waals surface area contributed by atoms with Gasteiger partial charge in [0.15, 0.2) is 0 Å². The van der Waals surface area contributed by atoms with E-state index in [0.29, 0.717) is 6.54 Å². The van der Waals surface area contributed by atoms with Crippen molar-refractivity contribution in [3.63, 3.8) is 0 Å². The topological polar surface area (TPSA) is 49.4 Å². The molecule has 1 saturated heterocycles. The van der Waals surface area contributed by atoms with Gasteiger partial charge in [-0.15, -0.1) is 11.3 Å². The summed E-state index contributed by atoms with van der Waals surface area (Å²) in [5.41, 5.74) is -0.624. The van der Waals surface area contributed by atoms with Crippen molar-refractivity contribution in [3.05, 3.63) is 21.3 Å². The Labute approximate surface area is 133 Å². The summed E-state index contributed by atoms with van der Waals surface area (Å²) in [6.07, 6.45) is 5.49. The highest BCUT2D eigenvalue weighted by molar-refractivity contribution is 7.16. The summed E-state index contributed by atoms with van der Waals surface area (Å²) in [7, 11) is 0. The molecule has 0 aromatic carbocycles. The van der Waals surface area contributed by atoms with E-state index >= 15 is 0 Å². The molecule has 0 unspecified atom stereocenters. The number of amides is 2. The largest absolute Gasteiger partial charge is 0.340 e. The maximum atomic E-state index is 12.8. The molecular formula is C15H19ClN2O2S. The molecule has 1 aliphatic heterocycles. The number of hydrogen-bond acceptors (Lipinski definition) is 3. The smallest absolute Gasteiger partial charge is 0.248 e. The molecule has 0 bridgehead atoms. The third-order valence-corrected chi connectivity index (χ3v) is 5.66. The Balaban J connectivity index is 1.69. The molecule has 2 fully saturated rings. The van der Waals surface area contributed by atoms with Crippen LogP contribution in [0.3, 0.4) is 0 Å². The number of carbonyl (C=O) groups is 2.